The molecule has 0 radical (unpaired) electrons. The van der Waals surface area contributed by atoms with Crippen LogP contribution in [0.2, 0.25) is 5.02 Å². The van der Waals surface area contributed by atoms with Crippen molar-refractivity contribution in [2.45, 2.75) is 11.5 Å². The normalized spacial score (nSPS) is 10.6. The van der Waals surface area contributed by atoms with Crippen molar-refractivity contribution in [3.63, 3.8) is 0 Å². The standard InChI is InChI=1S/C13H13ClN2O2S/c1-16-12(10(6-15-16)13(17)18)8-19-7-9-4-2-3-5-11(9)14/h2-6H,7-8H2,1H3,(H,17,18). The molecule has 2 aromatic rings. The van der Waals surface area contributed by atoms with Crippen molar-refractivity contribution in [1.82, 2.24) is 9.78 Å². The van der Waals surface area contributed by atoms with Gasteiger partial charge in [-0.1, -0.05) is 29.8 Å². The zero-order chi connectivity index (χ0) is 13.8. The minimum Gasteiger partial charge on any atom is -0.478 e. The Kier molecular flexibility index (Phi) is 4.50. The zero-order valence-electron chi connectivity index (χ0n) is 10.3. The summed E-state index contributed by atoms with van der Waals surface area (Å²) in [5, 5.41) is 13.8. The Morgan fingerprint density at radius 1 is 1.42 bits per heavy atom. The fourth-order valence-electron chi connectivity index (χ4n) is 1.69. The van der Waals surface area contributed by atoms with Crippen LogP contribution in [0.15, 0.2) is 30.5 Å². The molecule has 0 aliphatic rings. The van der Waals surface area contributed by atoms with Crippen LogP contribution in [-0.4, -0.2) is 20.9 Å². The highest BCUT2D eigenvalue weighted by Gasteiger charge is 2.14. The van der Waals surface area contributed by atoms with E-state index in [0.29, 0.717) is 11.4 Å². The van der Waals surface area contributed by atoms with Crippen LogP contribution in [0.1, 0.15) is 21.6 Å². The zero-order valence-corrected chi connectivity index (χ0v) is 11.9. The smallest absolute Gasteiger partial charge is 0.339 e. The molecule has 1 aromatic carbocycles. The van der Waals surface area contributed by atoms with Gasteiger partial charge in [0.1, 0.15) is 5.56 Å². The number of carboxylic acid groups (broad SMARTS) is 1. The molecule has 0 saturated heterocycles. The van der Waals surface area contributed by atoms with Gasteiger partial charge >= 0.3 is 5.97 Å². The lowest BCUT2D eigenvalue weighted by Gasteiger charge is -2.05. The number of carboxylic acids is 1. The maximum Gasteiger partial charge on any atom is 0.339 e. The molecule has 0 atom stereocenters. The number of aryl methyl sites for hydroxylation is 1. The summed E-state index contributed by atoms with van der Waals surface area (Å²) >= 11 is 7.69. The molecule has 1 heterocycles. The van der Waals surface area contributed by atoms with Crippen molar-refractivity contribution in [2.24, 2.45) is 7.05 Å². The van der Waals surface area contributed by atoms with E-state index in [1.165, 1.54) is 6.20 Å². The molecule has 0 unspecified atom stereocenters. The van der Waals surface area contributed by atoms with Crippen molar-refractivity contribution in [3.05, 3.63) is 52.3 Å². The third-order valence-electron chi connectivity index (χ3n) is 2.75. The quantitative estimate of drug-likeness (QED) is 0.920. The Hall–Kier alpha value is -1.46. The molecule has 0 saturated carbocycles. The van der Waals surface area contributed by atoms with E-state index < -0.39 is 5.97 Å². The Morgan fingerprint density at radius 2 is 2.16 bits per heavy atom. The average molecular weight is 297 g/mol. The predicted octanol–water partition coefficient (Wildman–Crippen LogP) is 3.21. The molecule has 100 valence electrons. The first-order valence-corrected chi connectivity index (χ1v) is 7.18. The Labute approximate surface area is 120 Å². The highest BCUT2D eigenvalue weighted by Crippen LogP contribution is 2.24. The first-order chi connectivity index (χ1) is 9.09. The van der Waals surface area contributed by atoms with Crippen molar-refractivity contribution >= 4 is 29.3 Å². The largest absolute Gasteiger partial charge is 0.478 e. The van der Waals surface area contributed by atoms with Crippen LogP contribution in [0.4, 0.5) is 0 Å². The number of carbonyl (C=O) groups is 1. The molecule has 0 fully saturated rings. The minimum absolute atomic E-state index is 0.258. The number of halogens is 1. The summed E-state index contributed by atoms with van der Waals surface area (Å²) in [7, 11) is 1.75. The maximum atomic E-state index is 11.0. The molecular weight excluding hydrogens is 284 g/mol. The van der Waals surface area contributed by atoms with E-state index in [-0.39, 0.29) is 5.56 Å². The van der Waals surface area contributed by atoms with Gasteiger partial charge in [0.15, 0.2) is 0 Å². The highest BCUT2D eigenvalue weighted by atomic mass is 35.5. The number of aromatic carboxylic acids is 1. The second kappa shape index (κ2) is 6.12. The van der Waals surface area contributed by atoms with E-state index in [1.807, 2.05) is 24.3 Å². The summed E-state index contributed by atoms with van der Waals surface area (Å²) in [4.78, 5) is 11.0. The molecule has 1 aromatic heterocycles. The summed E-state index contributed by atoms with van der Waals surface area (Å²) in [6.45, 7) is 0. The van der Waals surface area contributed by atoms with Gasteiger partial charge in [-0.3, -0.25) is 4.68 Å². The lowest BCUT2D eigenvalue weighted by molar-refractivity contribution is 0.0696. The lowest BCUT2D eigenvalue weighted by Crippen LogP contribution is -2.03. The lowest BCUT2D eigenvalue weighted by atomic mass is 10.2. The van der Waals surface area contributed by atoms with Crippen molar-refractivity contribution in [3.8, 4) is 0 Å². The van der Waals surface area contributed by atoms with Crippen molar-refractivity contribution in [2.75, 3.05) is 0 Å². The van der Waals surface area contributed by atoms with Gasteiger partial charge in [0, 0.05) is 23.6 Å². The van der Waals surface area contributed by atoms with Crippen molar-refractivity contribution in [1.29, 1.82) is 0 Å². The molecule has 0 amide bonds. The number of thioether (sulfide) groups is 1. The fourth-order valence-corrected chi connectivity index (χ4v) is 3.08. The summed E-state index contributed by atoms with van der Waals surface area (Å²) in [6, 6.07) is 7.65. The van der Waals surface area contributed by atoms with Gasteiger partial charge < -0.3 is 5.11 Å². The highest BCUT2D eigenvalue weighted by molar-refractivity contribution is 7.97. The first kappa shape index (κ1) is 14.0. The second-order valence-electron chi connectivity index (χ2n) is 4.02. The molecule has 0 spiro atoms. The van der Waals surface area contributed by atoms with Crippen LogP contribution in [-0.2, 0) is 18.6 Å². The summed E-state index contributed by atoms with van der Waals surface area (Å²) < 4.78 is 1.60. The number of hydrogen-bond donors (Lipinski definition) is 1. The summed E-state index contributed by atoms with van der Waals surface area (Å²) in [6.07, 6.45) is 1.38. The van der Waals surface area contributed by atoms with Crippen LogP contribution >= 0.6 is 23.4 Å². The first-order valence-electron chi connectivity index (χ1n) is 5.65. The van der Waals surface area contributed by atoms with Gasteiger partial charge in [-0.25, -0.2) is 4.79 Å². The van der Waals surface area contributed by atoms with Crippen LogP contribution in [0.3, 0.4) is 0 Å². The van der Waals surface area contributed by atoms with Gasteiger partial charge in [0.2, 0.25) is 0 Å². The van der Waals surface area contributed by atoms with E-state index in [0.717, 1.165) is 16.3 Å². The summed E-state index contributed by atoms with van der Waals surface area (Å²) in [5.41, 5.74) is 2.02. The topological polar surface area (TPSA) is 55.1 Å². The fraction of sp³-hybridized carbons (Fsp3) is 0.231. The Morgan fingerprint density at radius 3 is 2.84 bits per heavy atom. The molecule has 4 nitrogen and oxygen atoms in total. The second-order valence-corrected chi connectivity index (χ2v) is 5.41. The van der Waals surface area contributed by atoms with E-state index in [2.05, 4.69) is 5.10 Å². The molecule has 19 heavy (non-hydrogen) atoms. The van der Waals surface area contributed by atoms with Gasteiger partial charge in [-0.2, -0.15) is 16.9 Å². The van der Waals surface area contributed by atoms with Crippen molar-refractivity contribution < 1.29 is 9.90 Å². The van der Waals surface area contributed by atoms with Crippen LogP contribution in [0.25, 0.3) is 0 Å². The molecule has 0 aliphatic heterocycles. The third kappa shape index (κ3) is 3.30. The molecule has 2 rings (SSSR count). The number of aromatic nitrogens is 2. The van der Waals surface area contributed by atoms with Gasteiger partial charge in [-0.05, 0) is 11.6 Å². The van der Waals surface area contributed by atoms with E-state index in [9.17, 15) is 4.79 Å². The van der Waals surface area contributed by atoms with Gasteiger partial charge in [-0.15, -0.1) is 0 Å². The molecule has 0 aliphatic carbocycles. The third-order valence-corrected chi connectivity index (χ3v) is 4.11. The molecular formula is C13H13ClN2O2S. The van der Waals surface area contributed by atoms with Crippen LogP contribution < -0.4 is 0 Å². The van der Waals surface area contributed by atoms with Gasteiger partial charge in [0.25, 0.3) is 0 Å². The summed E-state index contributed by atoms with van der Waals surface area (Å²) in [5.74, 6) is 0.384. The van der Waals surface area contributed by atoms with Crippen LogP contribution in [0.5, 0.6) is 0 Å². The Bertz CT molecular complexity index is 598. The van der Waals surface area contributed by atoms with Gasteiger partial charge in [0.05, 0.1) is 11.9 Å². The Balaban J connectivity index is 2.02. The SMILES string of the molecule is Cn1ncc(C(=O)O)c1CSCc1ccccc1Cl. The van der Waals surface area contributed by atoms with Crippen LogP contribution in [0, 0.1) is 0 Å². The molecule has 0 bridgehead atoms. The number of benzene rings is 1. The molecule has 6 heteroatoms. The number of rotatable bonds is 5. The number of hydrogen-bond acceptors (Lipinski definition) is 3. The monoisotopic (exact) mass is 296 g/mol. The number of nitrogens with zero attached hydrogens (tertiary/aromatic N) is 2. The molecule has 1 N–H and O–H groups in total. The predicted molar refractivity (Wildman–Crippen MR) is 76.6 cm³/mol. The van der Waals surface area contributed by atoms with E-state index >= 15 is 0 Å². The average Bonchev–Trinajstić information content (AvgIpc) is 2.74. The minimum atomic E-state index is -0.943. The van der Waals surface area contributed by atoms with E-state index in [1.54, 1.807) is 23.5 Å². The van der Waals surface area contributed by atoms with E-state index in [4.69, 9.17) is 16.7 Å². The maximum absolute atomic E-state index is 11.0.